The van der Waals surface area contributed by atoms with E-state index in [-0.39, 0.29) is 22.4 Å². The molecule has 1 fully saturated rings. The molecule has 0 atom stereocenters. The Bertz CT molecular complexity index is 995. The van der Waals surface area contributed by atoms with Crippen LogP contribution >= 0.6 is 11.8 Å². The van der Waals surface area contributed by atoms with Crippen LogP contribution in [0.5, 0.6) is 5.75 Å². The average molecular weight is 414 g/mol. The second-order valence-electron chi connectivity index (χ2n) is 6.83. The second-order valence-corrected chi connectivity index (χ2v) is 7.79. The van der Waals surface area contributed by atoms with Gasteiger partial charge >= 0.3 is 0 Å². The highest BCUT2D eigenvalue weighted by atomic mass is 32.2. The molecule has 150 valence electrons. The van der Waals surface area contributed by atoms with Gasteiger partial charge in [0.05, 0.1) is 12.7 Å². The summed E-state index contributed by atoms with van der Waals surface area (Å²) in [5, 5.41) is 9.66. The van der Waals surface area contributed by atoms with Crippen LogP contribution in [0.2, 0.25) is 0 Å². The van der Waals surface area contributed by atoms with E-state index in [1.807, 2.05) is 18.2 Å². The second kappa shape index (κ2) is 9.19. The van der Waals surface area contributed by atoms with E-state index >= 15 is 0 Å². The molecule has 3 rings (SSSR count). The molecule has 0 amide bonds. The molecule has 0 bridgehead atoms. The van der Waals surface area contributed by atoms with Gasteiger partial charge in [0, 0.05) is 17.2 Å². The quantitative estimate of drug-likeness (QED) is 0.422. The molecule has 1 aliphatic carbocycles. The van der Waals surface area contributed by atoms with Crippen molar-refractivity contribution in [2.75, 3.05) is 7.11 Å². The number of carbonyl (C=O) groups is 1. The molecule has 1 aliphatic rings. The highest BCUT2D eigenvalue weighted by molar-refractivity contribution is 7.98. The maximum Gasteiger partial charge on any atom is 0.280 e. The Morgan fingerprint density at radius 1 is 1.41 bits per heavy atom. The molecular formula is C22H20F2N2O2S. The first-order chi connectivity index (χ1) is 13.9. The van der Waals surface area contributed by atoms with E-state index in [1.165, 1.54) is 17.8 Å². The molecule has 29 heavy (non-hydrogen) atoms. The van der Waals surface area contributed by atoms with Crippen molar-refractivity contribution < 1.29 is 18.3 Å². The minimum atomic E-state index is -2.70. The van der Waals surface area contributed by atoms with E-state index in [9.17, 15) is 18.8 Å². The van der Waals surface area contributed by atoms with Gasteiger partial charge in [-0.1, -0.05) is 12.1 Å². The molecule has 4 nitrogen and oxygen atoms in total. The van der Waals surface area contributed by atoms with Crippen molar-refractivity contribution >= 4 is 23.6 Å². The van der Waals surface area contributed by atoms with Crippen molar-refractivity contribution in [2.45, 2.75) is 37.0 Å². The number of halogens is 2. The third-order valence-electron chi connectivity index (χ3n) is 4.63. The first-order valence-electron chi connectivity index (χ1n) is 9.14. The Labute approximate surface area is 172 Å². The van der Waals surface area contributed by atoms with Crippen LogP contribution in [0, 0.1) is 24.2 Å². The van der Waals surface area contributed by atoms with Crippen LogP contribution < -0.4 is 4.74 Å². The summed E-state index contributed by atoms with van der Waals surface area (Å²) in [6, 6.07) is 8.83. The monoisotopic (exact) mass is 414 g/mol. The minimum Gasteiger partial charge on any atom is -0.496 e. The van der Waals surface area contributed by atoms with Crippen LogP contribution in [0.1, 0.15) is 47.2 Å². The fraction of sp³-hybridized carbons (Fsp3) is 0.318. The first-order valence-corrected chi connectivity index (χ1v) is 10.1. The van der Waals surface area contributed by atoms with Gasteiger partial charge in [0.15, 0.2) is 5.78 Å². The summed E-state index contributed by atoms with van der Waals surface area (Å²) in [5.74, 6) is 1.33. The largest absolute Gasteiger partial charge is 0.496 e. The molecule has 1 aromatic carbocycles. The van der Waals surface area contributed by atoms with Crippen LogP contribution in [0.3, 0.4) is 0 Å². The Morgan fingerprint density at radius 3 is 2.79 bits per heavy atom. The molecule has 0 spiro atoms. The fourth-order valence-electron chi connectivity index (χ4n) is 2.86. The van der Waals surface area contributed by atoms with Crippen LogP contribution in [0.4, 0.5) is 8.78 Å². The van der Waals surface area contributed by atoms with Crippen molar-refractivity contribution in [3.63, 3.8) is 0 Å². The Kier molecular flexibility index (Phi) is 6.65. The molecular weight excluding hydrogens is 394 g/mol. The average Bonchev–Trinajstić information content (AvgIpc) is 3.55. The number of nitriles is 1. The molecule has 1 heterocycles. The molecule has 0 saturated heterocycles. The number of thioether (sulfide) groups is 1. The van der Waals surface area contributed by atoms with Crippen LogP contribution in [-0.4, -0.2) is 17.9 Å². The van der Waals surface area contributed by atoms with Crippen molar-refractivity contribution in [1.29, 1.82) is 5.26 Å². The number of hydrogen-bond donors (Lipinski definition) is 0. The number of rotatable bonds is 8. The number of aryl methyl sites for hydroxylation is 1. The molecule has 1 saturated carbocycles. The number of aromatic nitrogens is 1. The van der Waals surface area contributed by atoms with E-state index in [2.05, 4.69) is 4.98 Å². The predicted octanol–water partition coefficient (Wildman–Crippen LogP) is 5.49. The van der Waals surface area contributed by atoms with Crippen molar-refractivity contribution in [3.8, 4) is 11.8 Å². The number of alkyl halides is 2. The molecule has 2 aromatic rings. The van der Waals surface area contributed by atoms with Crippen molar-refractivity contribution in [3.05, 3.63) is 58.3 Å². The Hall–Kier alpha value is -2.72. The number of ketones is 1. The fourth-order valence-corrected chi connectivity index (χ4v) is 3.90. The van der Waals surface area contributed by atoms with E-state index in [4.69, 9.17) is 4.74 Å². The SMILES string of the molecule is COc1ccc(/C=C/C(=O)C2CC2)cc1CSc1nc(C(F)F)cc(C)c1C#N. The number of nitrogens with zero attached hydrogens (tertiary/aromatic N) is 2. The van der Waals surface area contributed by atoms with Crippen LogP contribution in [-0.2, 0) is 10.5 Å². The summed E-state index contributed by atoms with van der Waals surface area (Å²) in [6.07, 6.45) is 2.58. The van der Waals surface area contributed by atoms with Crippen molar-refractivity contribution in [2.24, 2.45) is 5.92 Å². The summed E-state index contributed by atoms with van der Waals surface area (Å²) in [6.45, 7) is 1.62. The summed E-state index contributed by atoms with van der Waals surface area (Å²) in [5.41, 5.74) is 2.10. The maximum atomic E-state index is 13.1. The molecule has 7 heteroatoms. The smallest absolute Gasteiger partial charge is 0.280 e. The lowest BCUT2D eigenvalue weighted by Gasteiger charge is -2.12. The van der Waals surface area contributed by atoms with Crippen LogP contribution in [0.15, 0.2) is 35.4 Å². The van der Waals surface area contributed by atoms with E-state index < -0.39 is 6.43 Å². The number of benzene rings is 1. The van der Waals surface area contributed by atoms with Gasteiger partial charge in [-0.25, -0.2) is 13.8 Å². The lowest BCUT2D eigenvalue weighted by Crippen LogP contribution is -1.99. The first kappa shape index (κ1) is 21.0. The van der Waals surface area contributed by atoms with Gasteiger partial charge in [-0.2, -0.15) is 5.26 Å². The lowest BCUT2D eigenvalue weighted by atomic mass is 10.1. The highest BCUT2D eigenvalue weighted by Gasteiger charge is 2.27. The number of hydrogen-bond acceptors (Lipinski definition) is 5. The van der Waals surface area contributed by atoms with Gasteiger partial charge in [-0.05, 0) is 55.2 Å². The summed E-state index contributed by atoms with van der Waals surface area (Å²) in [4.78, 5) is 15.8. The molecule has 0 N–H and O–H groups in total. The summed E-state index contributed by atoms with van der Waals surface area (Å²) < 4.78 is 31.6. The molecule has 0 unspecified atom stereocenters. The standard InChI is InChI=1S/C22H20F2N2O2S/c1-13-9-18(21(23)24)26-22(17(13)11-25)29-12-16-10-14(4-8-20(16)28-2)3-7-19(27)15-5-6-15/h3-4,7-10,15,21H,5-6,12H2,1-2H3/b7-3+. The van der Waals surface area contributed by atoms with Gasteiger partial charge in [0.2, 0.25) is 0 Å². The number of carbonyl (C=O) groups excluding carboxylic acids is 1. The van der Waals surface area contributed by atoms with Crippen LogP contribution in [0.25, 0.3) is 6.08 Å². The number of methoxy groups -OCH3 is 1. The number of allylic oxidation sites excluding steroid dienone is 1. The third-order valence-corrected chi connectivity index (χ3v) is 5.65. The van der Waals surface area contributed by atoms with E-state index in [0.29, 0.717) is 22.6 Å². The van der Waals surface area contributed by atoms with Crippen molar-refractivity contribution in [1.82, 2.24) is 4.98 Å². The lowest BCUT2D eigenvalue weighted by molar-refractivity contribution is -0.115. The van der Waals surface area contributed by atoms with E-state index in [1.54, 1.807) is 32.3 Å². The van der Waals surface area contributed by atoms with Gasteiger partial charge in [0.1, 0.15) is 22.5 Å². The molecule has 0 radical (unpaired) electrons. The Balaban J connectivity index is 1.83. The van der Waals surface area contributed by atoms with Gasteiger partial charge in [-0.3, -0.25) is 4.79 Å². The zero-order valence-electron chi connectivity index (χ0n) is 16.1. The molecule has 1 aromatic heterocycles. The number of ether oxygens (including phenoxy) is 1. The van der Waals surface area contributed by atoms with Gasteiger partial charge < -0.3 is 4.74 Å². The third kappa shape index (κ3) is 5.21. The number of pyridine rings is 1. The van der Waals surface area contributed by atoms with Gasteiger partial charge in [0.25, 0.3) is 6.43 Å². The van der Waals surface area contributed by atoms with Gasteiger partial charge in [-0.15, -0.1) is 11.8 Å². The maximum absolute atomic E-state index is 13.1. The topological polar surface area (TPSA) is 63.0 Å². The highest BCUT2D eigenvalue weighted by Crippen LogP contribution is 2.33. The Morgan fingerprint density at radius 2 is 2.17 bits per heavy atom. The van der Waals surface area contributed by atoms with E-state index in [0.717, 1.165) is 24.0 Å². The minimum absolute atomic E-state index is 0.138. The summed E-state index contributed by atoms with van der Waals surface area (Å²) in [7, 11) is 1.55. The zero-order valence-corrected chi connectivity index (χ0v) is 16.9. The predicted molar refractivity (Wildman–Crippen MR) is 108 cm³/mol. The molecule has 0 aliphatic heterocycles. The summed E-state index contributed by atoms with van der Waals surface area (Å²) >= 11 is 1.21. The zero-order chi connectivity index (χ0) is 21.0. The normalized spacial score (nSPS) is 13.7.